The van der Waals surface area contributed by atoms with Crippen molar-refractivity contribution in [1.29, 1.82) is 0 Å². The Hall–Kier alpha value is -1.99. The Morgan fingerprint density at radius 1 is 1.44 bits per heavy atom. The molecule has 0 aliphatic carbocycles. The third kappa shape index (κ3) is 3.25. The van der Waals surface area contributed by atoms with Crippen molar-refractivity contribution >= 4 is 6.09 Å². The zero-order valence-corrected chi connectivity index (χ0v) is 10.1. The first-order valence-corrected chi connectivity index (χ1v) is 5.92. The van der Waals surface area contributed by atoms with Crippen molar-refractivity contribution in [3.63, 3.8) is 0 Å². The normalized spacial score (nSPS) is 14.7. The Labute approximate surface area is 107 Å². The van der Waals surface area contributed by atoms with E-state index in [2.05, 4.69) is 11.2 Å². The van der Waals surface area contributed by atoms with E-state index in [9.17, 15) is 4.79 Å². The molecule has 0 saturated carbocycles. The van der Waals surface area contributed by atoms with Crippen LogP contribution in [0.25, 0.3) is 0 Å². The third-order valence-corrected chi connectivity index (χ3v) is 2.84. The Bertz CT molecular complexity index is 433. The number of nitrogens with one attached hydrogen (secondary N) is 1. The van der Waals surface area contributed by atoms with Crippen LogP contribution in [0.3, 0.4) is 0 Å². The molecule has 1 aliphatic rings. The van der Waals surface area contributed by atoms with E-state index in [0.29, 0.717) is 32.3 Å². The van der Waals surface area contributed by atoms with Crippen LogP contribution in [0.15, 0.2) is 30.3 Å². The van der Waals surface area contributed by atoms with Gasteiger partial charge in [0, 0.05) is 19.1 Å². The molecule has 1 aromatic carbocycles. The van der Waals surface area contributed by atoms with E-state index in [1.165, 1.54) is 0 Å². The van der Waals surface area contributed by atoms with Crippen LogP contribution in [0.1, 0.15) is 5.56 Å². The lowest BCUT2D eigenvalue weighted by Gasteiger charge is -2.38. The summed E-state index contributed by atoms with van der Waals surface area (Å²) in [4.78, 5) is 13.3. The minimum Gasteiger partial charge on any atom is -0.445 e. The molecule has 0 atom stereocenters. The van der Waals surface area contributed by atoms with Crippen molar-refractivity contribution in [3.8, 4) is 12.3 Å². The minimum absolute atomic E-state index is 0.266. The number of hydrogen-bond acceptors (Lipinski definition) is 3. The summed E-state index contributed by atoms with van der Waals surface area (Å²) >= 11 is 0. The molecule has 1 N–H and O–H groups in total. The zero-order valence-electron chi connectivity index (χ0n) is 10.1. The number of hydrogen-bond donors (Lipinski definition) is 1. The van der Waals surface area contributed by atoms with Gasteiger partial charge in [-0.15, -0.1) is 6.42 Å². The number of carbonyl (C=O) groups excluding carboxylic acids is 1. The summed E-state index contributed by atoms with van der Waals surface area (Å²) in [7, 11) is 0. The molecule has 1 aromatic rings. The lowest BCUT2D eigenvalue weighted by atomic mass is 10.1. The number of benzene rings is 1. The molecule has 94 valence electrons. The van der Waals surface area contributed by atoms with Crippen molar-refractivity contribution in [3.05, 3.63) is 35.9 Å². The highest BCUT2D eigenvalue weighted by Gasteiger charge is 2.30. The monoisotopic (exact) mass is 244 g/mol. The molecule has 1 saturated heterocycles. The lowest BCUT2D eigenvalue weighted by molar-refractivity contribution is 0.0612. The first kappa shape index (κ1) is 12.5. The molecule has 1 amide bonds. The number of nitrogens with zero attached hydrogens (tertiary/aromatic N) is 1. The summed E-state index contributed by atoms with van der Waals surface area (Å²) in [6.45, 7) is 2.18. The molecule has 1 heterocycles. The third-order valence-electron chi connectivity index (χ3n) is 2.84. The molecule has 0 spiro atoms. The first-order chi connectivity index (χ1) is 8.79. The number of carbonyl (C=O) groups is 1. The Morgan fingerprint density at radius 3 is 2.83 bits per heavy atom. The van der Waals surface area contributed by atoms with Crippen molar-refractivity contribution < 1.29 is 9.53 Å². The maximum absolute atomic E-state index is 11.7. The summed E-state index contributed by atoms with van der Waals surface area (Å²) in [6.07, 6.45) is 4.88. The number of amides is 1. The average Bonchev–Trinajstić information content (AvgIpc) is 2.36. The van der Waals surface area contributed by atoms with Crippen LogP contribution >= 0.6 is 0 Å². The second kappa shape index (κ2) is 6.08. The van der Waals surface area contributed by atoms with Crippen LogP contribution in [0, 0.1) is 12.3 Å². The van der Waals surface area contributed by atoms with Gasteiger partial charge in [0.2, 0.25) is 0 Å². The molecule has 0 radical (unpaired) electrons. The Kier molecular flexibility index (Phi) is 4.21. The summed E-state index contributed by atoms with van der Waals surface area (Å²) in [5, 5.41) is 3.14. The number of terminal acetylenes is 1. The molecule has 4 heteroatoms. The van der Waals surface area contributed by atoms with Gasteiger partial charge in [-0.1, -0.05) is 36.3 Å². The van der Waals surface area contributed by atoms with E-state index in [1.807, 2.05) is 30.3 Å². The van der Waals surface area contributed by atoms with E-state index in [0.717, 1.165) is 5.56 Å². The van der Waals surface area contributed by atoms with Crippen LogP contribution in [0.4, 0.5) is 4.79 Å². The van der Waals surface area contributed by atoms with Gasteiger partial charge < -0.3 is 9.64 Å². The minimum atomic E-state index is -0.266. The van der Waals surface area contributed by atoms with E-state index >= 15 is 0 Å². The Morgan fingerprint density at radius 2 is 2.17 bits per heavy atom. The van der Waals surface area contributed by atoms with Gasteiger partial charge in [-0.3, -0.25) is 5.32 Å². The van der Waals surface area contributed by atoms with Crippen LogP contribution in [0.2, 0.25) is 0 Å². The van der Waals surface area contributed by atoms with Crippen molar-refractivity contribution in [2.75, 3.05) is 19.6 Å². The summed E-state index contributed by atoms with van der Waals surface area (Å²) < 4.78 is 5.20. The predicted molar refractivity (Wildman–Crippen MR) is 68.8 cm³/mol. The largest absolute Gasteiger partial charge is 0.445 e. The van der Waals surface area contributed by atoms with E-state index in [1.54, 1.807) is 4.90 Å². The highest BCUT2D eigenvalue weighted by atomic mass is 16.6. The number of rotatable bonds is 4. The van der Waals surface area contributed by atoms with Gasteiger partial charge in [-0.25, -0.2) is 4.79 Å². The van der Waals surface area contributed by atoms with Gasteiger partial charge in [0.25, 0.3) is 0 Å². The van der Waals surface area contributed by atoms with Gasteiger partial charge in [-0.05, 0) is 5.56 Å². The van der Waals surface area contributed by atoms with Crippen molar-refractivity contribution in [1.82, 2.24) is 10.2 Å². The number of likely N-dealkylation sites (tertiary alicyclic amines) is 1. The van der Waals surface area contributed by atoms with Gasteiger partial charge in [0.1, 0.15) is 6.61 Å². The molecule has 0 unspecified atom stereocenters. The molecule has 1 aliphatic heterocycles. The summed E-state index contributed by atoms with van der Waals surface area (Å²) in [5.74, 6) is 2.51. The molecule has 2 rings (SSSR count). The summed E-state index contributed by atoms with van der Waals surface area (Å²) in [6, 6.07) is 9.94. The second-order valence-electron chi connectivity index (χ2n) is 4.23. The first-order valence-electron chi connectivity index (χ1n) is 5.92. The molecular weight excluding hydrogens is 228 g/mol. The molecule has 18 heavy (non-hydrogen) atoms. The number of ether oxygens (including phenoxy) is 1. The van der Waals surface area contributed by atoms with Crippen molar-refractivity contribution in [2.24, 2.45) is 0 Å². The maximum Gasteiger partial charge on any atom is 0.410 e. The van der Waals surface area contributed by atoms with Crippen LogP contribution in [-0.2, 0) is 11.3 Å². The summed E-state index contributed by atoms with van der Waals surface area (Å²) in [5.41, 5.74) is 0.994. The van der Waals surface area contributed by atoms with Crippen molar-refractivity contribution in [2.45, 2.75) is 12.6 Å². The SMILES string of the molecule is C#CCNC1CN(C(=O)OCc2ccccc2)C1. The van der Waals surface area contributed by atoms with E-state index < -0.39 is 0 Å². The molecular formula is C14H16N2O2. The fraction of sp³-hybridized carbons (Fsp3) is 0.357. The van der Waals surface area contributed by atoms with Crippen LogP contribution < -0.4 is 5.32 Å². The average molecular weight is 244 g/mol. The Balaban J connectivity index is 1.67. The van der Waals surface area contributed by atoms with Gasteiger partial charge in [0.05, 0.1) is 6.54 Å². The standard InChI is InChI=1S/C14H16N2O2/c1-2-8-15-13-9-16(10-13)14(17)18-11-12-6-4-3-5-7-12/h1,3-7,13,15H,8-11H2. The van der Waals surface area contributed by atoms with Gasteiger partial charge >= 0.3 is 6.09 Å². The topological polar surface area (TPSA) is 41.6 Å². The lowest BCUT2D eigenvalue weighted by Crippen LogP contribution is -2.59. The van der Waals surface area contributed by atoms with Crippen LogP contribution in [-0.4, -0.2) is 36.7 Å². The highest BCUT2D eigenvalue weighted by Crippen LogP contribution is 2.10. The molecule has 0 aromatic heterocycles. The highest BCUT2D eigenvalue weighted by molar-refractivity contribution is 5.68. The smallest absolute Gasteiger partial charge is 0.410 e. The quantitative estimate of drug-likeness (QED) is 0.810. The van der Waals surface area contributed by atoms with Gasteiger partial charge in [0.15, 0.2) is 0 Å². The molecule has 1 fully saturated rings. The van der Waals surface area contributed by atoms with Crippen LogP contribution in [0.5, 0.6) is 0 Å². The fourth-order valence-corrected chi connectivity index (χ4v) is 1.77. The molecule has 4 nitrogen and oxygen atoms in total. The maximum atomic E-state index is 11.7. The van der Waals surface area contributed by atoms with Gasteiger partial charge in [-0.2, -0.15) is 0 Å². The fourth-order valence-electron chi connectivity index (χ4n) is 1.77. The van der Waals surface area contributed by atoms with E-state index in [4.69, 9.17) is 11.2 Å². The van der Waals surface area contributed by atoms with E-state index in [-0.39, 0.29) is 6.09 Å². The molecule has 0 bridgehead atoms. The predicted octanol–water partition coefficient (Wildman–Crippen LogP) is 1.23. The second-order valence-corrected chi connectivity index (χ2v) is 4.23. The zero-order chi connectivity index (χ0) is 12.8.